The molecule has 7 heteroatoms. The summed E-state index contributed by atoms with van der Waals surface area (Å²) in [7, 11) is 0. The predicted octanol–water partition coefficient (Wildman–Crippen LogP) is 1.26. The van der Waals surface area contributed by atoms with Gasteiger partial charge < -0.3 is 14.5 Å². The molecule has 2 aliphatic rings. The summed E-state index contributed by atoms with van der Waals surface area (Å²) in [5.74, 6) is -0.0838. The highest BCUT2D eigenvalue weighted by Gasteiger charge is 2.35. The molecule has 0 radical (unpaired) electrons. The van der Waals surface area contributed by atoms with Crippen molar-refractivity contribution in [2.24, 2.45) is 0 Å². The molecule has 3 rings (SSSR count). The second kappa shape index (κ2) is 6.66. The van der Waals surface area contributed by atoms with Crippen LogP contribution >= 0.6 is 11.8 Å². The van der Waals surface area contributed by atoms with Crippen LogP contribution in [-0.4, -0.2) is 60.2 Å². The summed E-state index contributed by atoms with van der Waals surface area (Å²) in [6.07, 6.45) is 0. The van der Waals surface area contributed by atoms with Gasteiger partial charge in [0.25, 0.3) is 0 Å². The van der Waals surface area contributed by atoms with Crippen molar-refractivity contribution in [3.05, 3.63) is 35.6 Å². The third kappa shape index (κ3) is 3.25. The average Bonchev–Trinajstić information content (AvgIpc) is 2.90. The molecule has 2 saturated heterocycles. The fraction of sp³-hybridized carbons (Fsp3) is 0.467. The van der Waals surface area contributed by atoms with Gasteiger partial charge in [0.2, 0.25) is 11.8 Å². The third-order valence-electron chi connectivity index (χ3n) is 3.79. The van der Waals surface area contributed by atoms with Gasteiger partial charge in [0.15, 0.2) is 0 Å². The average molecular weight is 324 g/mol. The molecule has 2 aliphatic heterocycles. The predicted molar refractivity (Wildman–Crippen MR) is 80.7 cm³/mol. The highest BCUT2D eigenvalue weighted by atomic mass is 32.2. The molecule has 1 aromatic rings. The zero-order chi connectivity index (χ0) is 15.5. The Morgan fingerprint density at radius 3 is 2.64 bits per heavy atom. The quantitative estimate of drug-likeness (QED) is 0.840. The van der Waals surface area contributed by atoms with E-state index in [4.69, 9.17) is 4.74 Å². The molecule has 0 bridgehead atoms. The standard InChI is InChI=1S/C15H17FN2O3S/c16-12-3-1-11(2-4-12)15-18(14(20)10-22-15)9-13(19)17-5-7-21-8-6-17/h1-4,15H,5-10H2/t15-/m1/s1. The van der Waals surface area contributed by atoms with Gasteiger partial charge in [0, 0.05) is 13.1 Å². The van der Waals surface area contributed by atoms with Crippen molar-refractivity contribution in [2.75, 3.05) is 38.6 Å². The molecule has 0 aliphatic carbocycles. The topological polar surface area (TPSA) is 49.9 Å². The van der Waals surface area contributed by atoms with Gasteiger partial charge in [0.05, 0.1) is 19.0 Å². The first kappa shape index (κ1) is 15.3. The fourth-order valence-corrected chi connectivity index (χ4v) is 3.77. The first-order valence-electron chi connectivity index (χ1n) is 7.17. The number of halogens is 1. The highest BCUT2D eigenvalue weighted by molar-refractivity contribution is 8.00. The second-order valence-electron chi connectivity index (χ2n) is 5.23. The summed E-state index contributed by atoms with van der Waals surface area (Å²) in [6.45, 7) is 2.27. The van der Waals surface area contributed by atoms with E-state index in [0.29, 0.717) is 32.1 Å². The molecule has 0 spiro atoms. The van der Waals surface area contributed by atoms with Crippen molar-refractivity contribution in [3.8, 4) is 0 Å². The molecule has 1 atom stereocenters. The minimum absolute atomic E-state index is 0.0547. The Morgan fingerprint density at radius 1 is 1.27 bits per heavy atom. The number of thioether (sulfide) groups is 1. The van der Waals surface area contributed by atoms with Crippen molar-refractivity contribution in [2.45, 2.75) is 5.37 Å². The van der Waals surface area contributed by atoms with Crippen LogP contribution in [0.1, 0.15) is 10.9 Å². The maximum absolute atomic E-state index is 13.0. The van der Waals surface area contributed by atoms with Gasteiger partial charge >= 0.3 is 0 Å². The lowest BCUT2D eigenvalue weighted by Gasteiger charge is -2.30. The first-order chi connectivity index (χ1) is 10.6. The minimum atomic E-state index is -0.311. The first-order valence-corrected chi connectivity index (χ1v) is 8.22. The molecule has 118 valence electrons. The van der Waals surface area contributed by atoms with Crippen LogP contribution in [0, 0.1) is 5.82 Å². The Labute approximate surface area is 132 Å². The molecule has 5 nitrogen and oxygen atoms in total. The van der Waals surface area contributed by atoms with Crippen LogP contribution in [0.3, 0.4) is 0 Å². The summed E-state index contributed by atoms with van der Waals surface area (Å²) in [5.41, 5.74) is 0.840. The molecule has 1 aromatic carbocycles. The zero-order valence-corrected chi connectivity index (χ0v) is 12.9. The second-order valence-corrected chi connectivity index (χ2v) is 6.30. The number of rotatable bonds is 3. The monoisotopic (exact) mass is 324 g/mol. The maximum atomic E-state index is 13.0. The van der Waals surface area contributed by atoms with Crippen LogP contribution in [0.15, 0.2) is 24.3 Å². The summed E-state index contributed by atoms with van der Waals surface area (Å²) in [4.78, 5) is 27.7. The normalized spacial score (nSPS) is 22.2. The van der Waals surface area contributed by atoms with Gasteiger partial charge in [0.1, 0.15) is 17.7 Å². The van der Waals surface area contributed by atoms with E-state index in [1.165, 1.54) is 23.9 Å². The summed E-state index contributed by atoms with van der Waals surface area (Å²) in [5, 5.41) is -0.224. The molecular weight excluding hydrogens is 307 g/mol. The van der Waals surface area contributed by atoms with Gasteiger partial charge in [-0.15, -0.1) is 11.8 Å². The van der Waals surface area contributed by atoms with Crippen LogP contribution in [0.25, 0.3) is 0 Å². The van der Waals surface area contributed by atoms with E-state index in [-0.39, 0.29) is 29.6 Å². The largest absolute Gasteiger partial charge is 0.378 e. The summed E-state index contributed by atoms with van der Waals surface area (Å²) in [6, 6.07) is 6.08. The zero-order valence-electron chi connectivity index (χ0n) is 12.0. The SMILES string of the molecule is O=C(CN1C(=O)CS[C@@H]1c1ccc(F)cc1)N1CCOCC1. The molecule has 2 heterocycles. The maximum Gasteiger partial charge on any atom is 0.242 e. The Kier molecular flexibility index (Phi) is 4.63. The number of amides is 2. The van der Waals surface area contributed by atoms with E-state index in [2.05, 4.69) is 0 Å². The number of hydrogen-bond donors (Lipinski definition) is 0. The number of morpholine rings is 1. The fourth-order valence-electron chi connectivity index (χ4n) is 2.59. The number of benzene rings is 1. The van der Waals surface area contributed by atoms with E-state index < -0.39 is 0 Å². The van der Waals surface area contributed by atoms with Gasteiger partial charge in [-0.2, -0.15) is 0 Å². The van der Waals surface area contributed by atoms with Crippen molar-refractivity contribution < 1.29 is 18.7 Å². The van der Waals surface area contributed by atoms with Crippen LogP contribution in [0.2, 0.25) is 0 Å². The van der Waals surface area contributed by atoms with E-state index in [9.17, 15) is 14.0 Å². The Bertz CT molecular complexity index is 560. The van der Waals surface area contributed by atoms with Crippen LogP contribution in [0.5, 0.6) is 0 Å². The van der Waals surface area contributed by atoms with E-state index in [0.717, 1.165) is 5.56 Å². The van der Waals surface area contributed by atoms with Crippen molar-refractivity contribution in [3.63, 3.8) is 0 Å². The number of ether oxygens (including phenoxy) is 1. The third-order valence-corrected chi connectivity index (χ3v) is 5.05. The Morgan fingerprint density at radius 2 is 1.95 bits per heavy atom. The molecule has 0 N–H and O–H groups in total. The number of nitrogens with zero attached hydrogens (tertiary/aromatic N) is 2. The number of carbonyl (C=O) groups is 2. The Balaban J connectivity index is 1.70. The summed E-state index contributed by atoms with van der Waals surface area (Å²) < 4.78 is 18.3. The van der Waals surface area contributed by atoms with E-state index >= 15 is 0 Å². The van der Waals surface area contributed by atoms with Crippen molar-refractivity contribution >= 4 is 23.6 Å². The smallest absolute Gasteiger partial charge is 0.242 e. The highest BCUT2D eigenvalue weighted by Crippen LogP contribution is 2.38. The van der Waals surface area contributed by atoms with E-state index in [1.807, 2.05) is 0 Å². The molecule has 2 amide bonds. The Hall–Kier alpha value is -1.60. The van der Waals surface area contributed by atoms with Crippen LogP contribution < -0.4 is 0 Å². The van der Waals surface area contributed by atoms with Gasteiger partial charge in [-0.1, -0.05) is 12.1 Å². The summed E-state index contributed by atoms with van der Waals surface area (Å²) >= 11 is 1.46. The van der Waals surface area contributed by atoms with Gasteiger partial charge in [-0.3, -0.25) is 9.59 Å². The van der Waals surface area contributed by atoms with Crippen molar-refractivity contribution in [1.29, 1.82) is 0 Å². The molecule has 0 aromatic heterocycles. The lowest BCUT2D eigenvalue weighted by Crippen LogP contribution is -2.46. The molecular formula is C15H17FN2O3S. The lowest BCUT2D eigenvalue weighted by atomic mass is 10.2. The number of hydrogen-bond acceptors (Lipinski definition) is 4. The molecule has 22 heavy (non-hydrogen) atoms. The number of carbonyl (C=O) groups excluding carboxylic acids is 2. The minimum Gasteiger partial charge on any atom is -0.378 e. The van der Waals surface area contributed by atoms with Gasteiger partial charge in [-0.05, 0) is 17.7 Å². The van der Waals surface area contributed by atoms with Gasteiger partial charge in [-0.25, -0.2) is 4.39 Å². The van der Waals surface area contributed by atoms with E-state index in [1.54, 1.807) is 21.9 Å². The molecule has 0 saturated carbocycles. The van der Waals surface area contributed by atoms with Crippen LogP contribution in [0.4, 0.5) is 4.39 Å². The molecule has 2 fully saturated rings. The van der Waals surface area contributed by atoms with Crippen molar-refractivity contribution in [1.82, 2.24) is 9.80 Å². The lowest BCUT2D eigenvalue weighted by molar-refractivity contribution is -0.141. The molecule has 0 unspecified atom stereocenters. The van der Waals surface area contributed by atoms with Crippen LogP contribution in [-0.2, 0) is 14.3 Å².